The number of ether oxygens (including phenoxy) is 2. The highest BCUT2D eigenvalue weighted by Crippen LogP contribution is 2.55. The molecule has 2 bridgehead atoms. The molecular formula is C28H39N3O4. The summed E-state index contributed by atoms with van der Waals surface area (Å²) in [6.07, 6.45) is 1.74. The third-order valence-electron chi connectivity index (χ3n) is 7.93. The maximum absolute atomic E-state index is 10.6. The van der Waals surface area contributed by atoms with Gasteiger partial charge in [0.2, 0.25) is 0 Å². The van der Waals surface area contributed by atoms with Crippen molar-refractivity contribution in [3.63, 3.8) is 0 Å². The Labute approximate surface area is 208 Å². The molecule has 0 radical (unpaired) electrons. The molecule has 0 saturated carbocycles. The normalized spacial score (nSPS) is 20.5. The first-order chi connectivity index (χ1) is 16.7. The zero-order chi connectivity index (χ0) is 25.6. The molecule has 0 spiro atoms. The van der Waals surface area contributed by atoms with Gasteiger partial charge in [0, 0.05) is 23.3 Å². The molecule has 3 aliphatic rings. The molecule has 0 saturated heterocycles. The van der Waals surface area contributed by atoms with Crippen LogP contribution in [-0.4, -0.2) is 39.0 Å². The van der Waals surface area contributed by atoms with Crippen molar-refractivity contribution in [1.29, 1.82) is 0 Å². The molecule has 1 atom stereocenters. The lowest BCUT2D eigenvalue weighted by atomic mass is 9.55. The van der Waals surface area contributed by atoms with Crippen molar-refractivity contribution in [1.82, 2.24) is 5.32 Å². The molecule has 0 fully saturated rings. The van der Waals surface area contributed by atoms with Crippen molar-refractivity contribution in [2.24, 2.45) is 22.8 Å². The molecule has 3 aliphatic carbocycles. The zero-order valence-electron chi connectivity index (χ0n) is 21.3. The minimum atomic E-state index is -0.839. The third kappa shape index (κ3) is 5.45. The van der Waals surface area contributed by atoms with Gasteiger partial charge in [0.1, 0.15) is 13.2 Å². The van der Waals surface area contributed by atoms with E-state index in [0.717, 1.165) is 13.0 Å². The molecule has 2 aromatic carbocycles. The molecule has 2 aromatic rings. The number of amides is 2. The van der Waals surface area contributed by atoms with Crippen LogP contribution >= 0.6 is 0 Å². The van der Waals surface area contributed by atoms with Crippen LogP contribution in [0.4, 0.5) is 9.59 Å². The highest BCUT2D eigenvalue weighted by Gasteiger charge is 2.47. The Hall–Kier alpha value is -3.06. The number of fused-ring (bicyclic) bond motifs is 1. The quantitative estimate of drug-likeness (QED) is 0.507. The van der Waals surface area contributed by atoms with Gasteiger partial charge >= 0.3 is 12.2 Å². The van der Waals surface area contributed by atoms with Crippen LogP contribution in [0, 0.1) is 11.3 Å². The number of carbonyl (C=O) groups is 2. The first-order valence-electron chi connectivity index (χ1n) is 12.4. The number of likely N-dealkylation sites (N-methyl/N-ethyl adjacent to an activating group) is 1. The molecule has 0 aromatic heterocycles. The fraction of sp³-hybridized carbons (Fsp3) is 0.500. The lowest BCUT2D eigenvalue weighted by Crippen LogP contribution is -2.46. The predicted molar refractivity (Wildman–Crippen MR) is 137 cm³/mol. The number of primary amides is 2. The summed E-state index contributed by atoms with van der Waals surface area (Å²) in [5.41, 5.74) is 15.8. The monoisotopic (exact) mass is 481 g/mol. The van der Waals surface area contributed by atoms with Crippen molar-refractivity contribution in [2.45, 2.75) is 51.4 Å². The predicted octanol–water partition coefficient (Wildman–Crippen LogP) is 4.66. The Morgan fingerprint density at radius 3 is 1.94 bits per heavy atom. The minimum Gasteiger partial charge on any atom is -0.449 e. The minimum absolute atomic E-state index is 0.102. The van der Waals surface area contributed by atoms with E-state index in [1.54, 1.807) is 22.3 Å². The number of nitrogens with two attached hydrogens (primary N) is 2. The largest absolute Gasteiger partial charge is 0.449 e. The van der Waals surface area contributed by atoms with Gasteiger partial charge in [-0.05, 0) is 48.1 Å². The van der Waals surface area contributed by atoms with Crippen LogP contribution < -0.4 is 16.8 Å². The molecule has 5 N–H and O–H groups in total. The molecule has 0 heterocycles. The fourth-order valence-corrected chi connectivity index (χ4v) is 5.63. The highest BCUT2D eigenvalue weighted by atomic mass is 16.6. The summed E-state index contributed by atoms with van der Waals surface area (Å²) < 4.78 is 9.54. The van der Waals surface area contributed by atoms with Gasteiger partial charge in [0.25, 0.3) is 0 Å². The second-order valence-corrected chi connectivity index (χ2v) is 10.1. The molecule has 7 heteroatoms. The number of hydrogen-bond donors (Lipinski definition) is 3. The summed E-state index contributed by atoms with van der Waals surface area (Å²) in [6, 6.07) is 18.1. The van der Waals surface area contributed by atoms with Gasteiger partial charge in [-0.3, -0.25) is 0 Å². The maximum atomic E-state index is 10.6. The second-order valence-electron chi connectivity index (χ2n) is 10.1. The van der Waals surface area contributed by atoms with E-state index in [-0.39, 0.29) is 24.5 Å². The molecule has 7 nitrogen and oxygen atoms in total. The third-order valence-corrected chi connectivity index (χ3v) is 7.93. The molecular weight excluding hydrogens is 442 g/mol. The van der Waals surface area contributed by atoms with Crippen molar-refractivity contribution in [3.05, 3.63) is 70.8 Å². The van der Waals surface area contributed by atoms with Crippen LogP contribution in [0.15, 0.2) is 48.5 Å². The van der Waals surface area contributed by atoms with Crippen LogP contribution in [-0.2, 0) is 14.9 Å². The Kier molecular flexibility index (Phi) is 8.43. The zero-order valence-corrected chi connectivity index (χ0v) is 21.3. The van der Waals surface area contributed by atoms with Crippen LogP contribution in [0.1, 0.15) is 68.2 Å². The molecule has 5 rings (SSSR count). The lowest BCUT2D eigenvalue weighted by Gasteiger charge is -2.49. The molecule has 1 unspecified atom stereocenters. The number of nitrogens with one attached hydrogen (secondary N) is 1. The first kappa shape index (κ1) is 26.5. The summed E-state index contributed by atoms with van der Waals surface area (Å²) in [6.45, 7) is 7.07. The SMILES string of the molecule is CCC(C)C(C)(COC(N)=O)COC(N)=O.CNCC12CCC(c3ccccc31)c1ccccc12. The van der Waals surface area contributed by atoms with E-state index in [1.165, 1.54) is 12.8 Å². The van der Waals surface area contributed by atoms with Crippen molar-refractivity contribution in [3.8, 4) is 0 Å². The van der Waals surface area contributed by atoms with E-state index >= 15 is 0 Å². The molecule has 0 aliphatic heterocycles. The Morgan fingerprint density at radius 1 is 1.03 bits per heavy atom. The van der Waals surface area contributed by atoms with Gasteiger partial charge < -0.3 is 26.3 Å². The molecule has 2 amide bonds. The maximum Gasteiger partial charge on any atom is 0.404 e. The summed E-state index contributed by atoms with van der Waals surface area (Å²) in [4.78, 5) is 21.1. The Morgan fingerprint density at radius 2 is 1.51 bits per heavy atom. The Bertz CT molecular complexity index is 973. The molecule has 35 heavy (non-hydrogen) atoms. The number of hydrogen-bond acceptors (Lipinski definition) is 5. The van der Waals surface area contributed by atoms with Crippen molar-refractivity contribution >= 4 is 12.2 Å². The summed E-state index contributed by atoms with van der Waals surface area (Å²) in [5.74, 6) is 0.817. The van der Waals surface area contributed by atoms with Gasteiger partial charge in [0.15, 0.2) is 0 Å². The molecule has 190 valence electrons. The summed E-state index contributed by atoms with van der Waals surface area (Å²) >= 11 is 0. The number of benzene rings is 2. The lowest BCUT2D eigenvalue weighted by molar-refractivity contribution is 0.00795. The van der Waals surface area contributed by atoms with Crippen LogP contribution in [0.5, 0.6) is 0 Å². The van der Waals surface area contributed by atoms with Crippen LogP contribution in [0.25, 0.3) is 0 Å². The van der Waals surface area contributed by atoms with E-state index in [0.29, 0.717) is 5.92 Å². The summed E-state index contributed by atoms with van der Waals surface area (Å²) in [7, 11) is 2.07. The standard InChI is InChI=1S/C18H19N.C10H20N2O4/c1-19-12-18-11-10-13(14-6-2-4-8-16(14)18)15-7-3-5-9-17(15)18;1-4-7(2)10(3,5-15-8(11)13)6-16-9(12)14/h2-9,13,19H,10-12H2,1H3;7H,4-6H2,1-3H3,(H2,11,13)(H2,12,14). The van der Waals surface area contributed by atoms with Gasteiger partial charge in [-0.2, -0.15) is 0 Å². The highest BCUT2D eigenvalue weighted by molar-refractivity contribution is 5.65. The van der Waals surface area contributed by atoms with E-state index in [2.05, 4.69) is 60.9 Å². The van der Waals surface area contributed by atoms with Crippen molar-refractivity contribution in [2.75, 3.05) is 26.8 Å². The second kappa shape index (κ2) is 11.1. The van der Waals surface area contributed by atoms with Gasteiger partial charge in [-0.15, -0.1) is 0 Å². The van der Waals surface area contributed by atoms with Crippen molar-refractivity contribution < 1.29 is 19.1 Å². The smallest absolute Gasteiger partial charge is 0.404 e. The van der Waals surface area contributed by atoms with E-state index in [1.807, 2.05) is 20.8 Å². The fourth-order valence-electron chi connectivity index (χ4n) is 5.63. The van der Waals surface area contributed by atoms with Gasteiger partial charge in [0.05, 0.1) is 0 Å². The van der Waals surface area contributed by atoms with E-state index < -0.39 is 17.6 Å². The van der Waals surface area contributed by atoms with Gasteiger partial charge in [-0.25, -0.2) is 9.59 Å². The van der Waals surface area contributed by atoms with E-state index in [9.17, 15) is 9.59 Å². The Balaban J connectivity index is 0.000000200. The average molecular weight is 482 g/mol. The van der Waals surface area contributed by atoms with Crippen LogP contribution in [0.3, 0.4) is 0 Å². The van der Waals surface area contributed by atoms with Gasteiger partial charge in [-0.1, -0.05) is 75.7 Å². The average Bonchev–Trinajstić information content (AvgIpc) is 2.87. The summed E-state index contributed by atoms with van der Waals surface area (Å²) in [5, 5.41) is 3.44. The number of rotatable bonds is 8. The van der Waals surface area contributed by atoms with E-state index in [4.69, 9.17) is 20.9 Å². The van der Waals surface area contributed by atoms with Crippen LogP contribution in [0.2, 0.25) is 0 Å². The first-order valence-corrected chi connectivity index (χ1v) is 12.4. The number of carbonyl (C=O) groups excluding carboxylic acids is 2. The topological polar surface area (TPSA) is 117 Å².